The summed E-state index contributed by atoms with van der Waals surface area (Å²) >= 11 is 5.60. The van der Waals surface area contributed by atoms with Crippen LogP contribution in [0.15, 0.2) is 12.1 Å². The van der Waals surface area contributed by atoms with Gasteiger partial charge in [0.2, 0.25) is 5.91 Å². The van der Waals surface area contributed by atoms with Gasteiger partial charge in [0.25, 0.3) is 5.91 Å². The van der Waals surface area contributed by atoms with Crippen LogP contribution in [0.4, 0.5) is 0 Å². The Balaban J connectivity index is 2.67. The molecule has 1 heterocycles. The van der Waals surface area contributed by atoms with Crippen molar-refractivity contribution in [2.45, 2.75) is 13.8 Å². The topological polar surface area (TPSA) is 66.4 Å². The molecule has 0 bridgehead atoms. The minimum Gasteiger partial charge on any atom is -0.342 e. The molecule has 0 saturated carbocycles. The van der Waals surface area contributed by atoms with Crippen molar-refractivity contribution in [3.05, 3.63) is 23.0 Å². The van der Waals surface area contributed by atoms with Crippen molar-refractivity contribution in [3.8, 4) is 0 Å². The first kappa shape index (κ1) is 15.4. The lowest BCUT2D eigenvalue weighted by molar-refractivity contribution is -0.131. The molecule has 1 aromatic heterocycles. The third-order valence-corrected chi connectivity index (χ3v) is 2.89. The fourth-order valence-corrected chi connectivity index (χ4v) is 1.68. The Morgan fingerprint density at radius 3 is 2.32 bits per heavy atom. The summed E-state index contributed by atoms with van der Waals surface area (Å²) < 4.78 is 0. The highest BCUT2D eigenvalue weighted by molar-refractivity contribution is 6.29. The number of likely N-dealkylation sites (N-methyl/N-ethyl adjacent to an activating group) is 2. The van der Waals surface area contributed by atoms with Crippen molar-refractivity contribution < 1.29 is 9.59 Å². The molecule has 0 atom stereocenters. The SMILES string of the molecule is CCN(CC)C(=O)CN(C)C(=O)c1ccc(Cl)nn1. The number of aromatic nitrogens is 2. The minimum atomic E-state index is -0.357. The van der Waals surface area contributed by atoms with Crippen molar-refractivity contribution >= 4 is 23.4 Å². The van der Waals surface area contributed by atoms with E-state index in [1.54, 1.807) is 11.9 Å². The summed E-state index contributed by atoms with van der Waals surface area (Å²) in [4.78, 5) is 26.9. The molecule has 0 fully saturated rings. The number of rotatable bonds is 5. The molecule has 0 saturated heterocycles. The highest BCUT2D eigenvalue weighted by atomic mass is 35.5. The zero-order valence-electron chi connectivity index (χ0n) is 11.3. The second kappa shape index (κ2) is 7.04. The van der Waals surface area contributed by atoms with Gasteiger partial charge < -0.3 is 9.80 Å². The van der Waals surface area contributed by atoms with Gasteiger partial charge in [-0.25, -0.2) is 0 Å². The summed E-state index contributed by atoms with van der Waals surface area (Å²) in [5.41, 5.74) is 0.166. The Morgan fingerprint density at radius 2 is 1.84 bits per heavy atom. The van der Waals surface area contributed by atoms with E-state index in [4.69, 9.17) is 11.6 Å². The van der Waals surface area contributed by atoms with Gasteiger partial charge in [-0.3, -0.25) is 9.59 Å². The summed E-state index contributed by atoms with van der Waals surface area (Å²) in [5, 5.41) is 7.52. The molecule has 0 aromatic carbocycles. The zero-order valence-corrected chi connectivity index (χ0v) is 12.0. The first-order chi connectivity index (χ1) is 8.99. The first-order valence-electron chi connectivity index (χ1n) is 6.02. The molecule has 0 aliphatic rings. The normalized spacial score (nSPS) is 10.1. The Hall–Kier alpha value is -1.69. The molecule has 104 valence electrons. The Kier molecular flexibility index (Phi) is 5.69. The van der Waals surface area contributed by atoms with Crippen LogP contribution in [-0.2, 0) is 4.79 Å². The van der Waals surface area contributed by atoms with Gasteiger partial charge in [-0.15, -0.1) is 10.2 Å². The maximum Gasteiger partial charge on any atom is 0.274 e. The number of halogens is 1. The van der Waals surface area contributed by atoms with Gasteiger partial charge in [-0.1, -0.05) is 11.6 Å². The van der Waals surface area contributed by atoms with Crippen LogP contribution in [0.1, 0.15) is 24.3 Å². The van der Waals surface area contributed by atoms with Crippen LogP contribution in [-0.4, -0.2) is 58.5 Å². The molecule has 0 radical (unpaired) electrons. The van der Waals surface area contributed by atoms with Crippen LogP contribution in [0.3, 0.4) is 0 Å². The predicted octanol–water partition coefficient (Wildman–Crippen LogP) is 1.07. The molecule has 6 nitrogen and oxygen atoms in total. The van der Waals surface area contributed by atoms with E-state index in [1.165, 1.54) is 17.0 Å². The van der Waals surface area contributed by atoms with E-state index in [9.17, 15) is 9.59 Å². The average molecular weight is 285 g/mol. The van der Waals surface area contributed by atoms with Crippen molar-refractivity contribution in [1.82, 2.24) is 20.0 Å². The first-order valence-corrected chi connectivity index (χ1v) is 6.39. The molecule has 0 N–H and O–H groups in total. The lowest BCUT2D eigenvalue weighted by atomic mass is 10.3. The summed E-state index contributed by atoms with van der Waals surface area (Å²) in [6.45, 7) is 5.06. The monoisotopic (exact) mass is 284 g/mol. The van der Waals surface area contributed by atoms with Gasteiger partial charge in [-0.05, 0) is 26.0 Å². The van der Waals surface area contributed by atoms with Gasteiger partial charge in [0, 0.05) is 20.1 Å². The molecule has 0 spiro atoms. The number of hydrogen-bond acceptors (Lipinski definition) is 4. The van der Waals surface area contributed by atoms with Gasteiger partial charge in [0.15, 0.2) is 10.8 Å². The van der Waals surface area contributed by atoms with Gasteiger partial charge in [0.1, 0.15) is 0 Å². The summed E-state index contributed by atoms with van der Waals surface area (Å²) in [6, 6.07) is 2.97. The van der Waals surface area contributed by atoms with E-state index < -0.39 is 0 Å². The van der Waals surface area contributed by atoms with Gasteiger partial charge >= 0.3 is 0 Å². The van der Waals surface area contributed by atoms with Crippen molar-refractivity contribution in [1.29, 1.82) is 0 Å². The second-order valence-electron chi connectivity index (χ2n) is 3.97. The Morgan fingerprint density at radius 1 is 1.21 bits per heavy atom. The van der Waals surface area contributed by atoms with E-state index in [-0.39, 0.29) is 29.2 Å². The van der Waals surface area contributed by atoms with E-state index in [0.29, 0.717) is 13.1 Å². The second-order valence-corrected chi connectivity index (χ2v) is 4.36. The van der Waals surface area contributed by atoms with Crippen LogP contribution in [0, 0.1) is 0 Å². The highest BCUT2D eigenvalue weighted by Gasteiger charge is 2.18. The number of carbonyl (C=O) groups is 2. The highest BCUT2D eigenvalue weighted by Crippen LogP contribution is 2.04. The summed E-state index contributed by atoms with van der Waals surface area (Å²) in [5.74, 6) is -0.451. The molecule has 7 heteroatoms. The van der Waals surface area contributed by atoms with E-state index in [2.05, 4.69) is 10.2 Å². The Labute approximate surface area is 117 Å². The smallest absolute Gasteiger partial charge is 0.274 e. The molecule has 0 aliphatic heterocycles. The third kappa shape index (κ3) is 4.17. The number of nitrogens with zero attached hydrogens (tertiary/aromatic N) is 4. The molecule has 1 rings (SSSR count). The quantitative estimate of drug-likeness (QED) is 0.811. The standard InChI is InChI=1S/C12H17ClN4O2/c1-4-17(5-2)11(18)8-16(3)12(19)9-6-7-10(13)15-14-9/h6-7H,4-5,8H2,1-3H3. The number of carbonyl (C=O) groups excluding carboxylic acids is 2. The lowest BCUT2D eigenvalue weighted by Gasteiger charge is -2.22. The van der Waals surface area contributed by atoms with E-state index in [1.807, 2.05) is 13.8 Å². The summed E-state index contributed by atoms with van der Waals surface area (Å²) in [6.07, 6.45) is 0. The minimum absolute atomic E-state index is 0.0187. The maximum absolute atomic E-state index is 12.0. The fourth-order valence-electron chi connectivity index (χ4n) is 1.58. The van der Waals surface area contributed by atoms with Crippen LogP contribution < -0.4 is 0 Å². The van der Waals surface area contributed by atoms with Gasteiger partial charge in [-0.2, -0.15) is 0 Å². The molecule has 1 aromatic rings. The third-order valence-electron chi connectivity index (χ3n) is 2.69. The fraction of sp³-hybridized carbons (Fsp3) is 0.500. The van der Waals surface area contributed by atoms with Gasteiger partial charge in [0.05, 0.1) is 6.54 Å². The van der Waals surface area contributed by atoms with Crippen LogP contribution in [0.25, 0.3) is 0 Å². The van der Waals surface area contributed by atoms with Crippen molar-refractivity contribution in [2.24, 2.45) is 0 Å². The molecule has 0 aliphatic carbocycles. The average Bonchev–Trinajstić information content (AvgIpc) is 2.40. The van der Waals surface area contributed by atoms with Crippen LogP contribution >= 0.6 is 11.6 Å². The molecule has 0 unspecified atom stereocenters. The molecule has 2 amide bonds. The van der Waals surface area contributed by atoms with Crippen molar-refractivity contribution in [3.63, 3.8) is 0 Å². The number of amides is 2. The molecule has 19 heavy (non-hydrogen) atoms. The van der Waals surface area contributed by atoms with Crippen LogP contribution in [0.2, 0.25) is 5.15 Å². The van der Waals surface area contributed by atoms with E-state index in [0.717, 1.165) is 0 Å². The largest absolute Gasteiger partial charge is 0.342 e. The zero-order chi connectivity index (χ0) is 14.4. The number of hydrogen-bond donors (Lipinski definition) is 0. The lowest BCUT2D eigenvalue weighted by Crippen LogP contribution is -2.41. The summed E-state index contributed by atoms with van der Waals surface area (Å²) in [7, 11) is 1.56. The maximum atomic E-state index is 12.0. The predicted molar refractivity (Wildman–Crippen MR) is 71.9 cm³/mol. The molecular weight excluding hydrogens is 268 g/mol. The molecular formula is C12H17ClN4O2. The van der Waals surface area contributed by atoms with E-state index >= 15 is 0 Å². The van der Waals surface area contributed by atoms with Crippen LogP contribution in [0.5, 0.6) is 0 Å². The Bertz CT molecular complexity index is 446. The van der Waals surface area contributed by atoms with Crippen molar-refractivity contribution in [2.75, 3.05) is 26.7 Å².